The first-order valence-corrected chi connectivity index (χ1v) is 5.81. The SMILES string of the molecule is CC1CCCC1NC(=O)[C@H]1CCCN1. The van der Waals surface area contributed by atoms with Gasteiger partial charge < -0.3 is 10.6 Å². The fraction of sp³-hybridized carbons (Fsp3) is 0.909. The lowest BCUT2D eigenvalue weighted by Crippen LogP contribution is -2.45. The quantitative estimate of drug-likeness (QED) is 0.693. The van der Waals surface area contributed by atoms with Crippen molar-refractivity contribution in [3.63, 3.8) is 0 Å². The molecule has 3 nitrogen and oxygen atoms in total. The highest BCUT2D eigenvalue weighted by atomic mass is 16.2. The standard InChI is InChI=1S/C11H20N2O/c1-8-4-2-5-9(8)13-11(14)10-6-3-7-12-10/h8-10,12H,2-7H2,1H3,(H,13,14)/t8?,9?,10-/m1/s1. The summed E-state index contributed by atoms with van der Waals surface area (Å²) in [6, 6.07) is 0.521. The van der Waals surface area contributed by atoms with Gasteiger partial charge in [-0.25, -0.2) is 0 Å². The maximum atomic E-state index is 11.8. The Bertz CT molecular complexity index is 211. The van der Waals surface area contributed by atoms with Gasteiger partial charge in [0.25, 0.3) is 0 Å². The van der Waals surface area contributed by atoms with Crippen LogP contribution in [0.1, 0.15) is 39.0 Å². The van der Waals surface area contributed by atoms with Gasteiger partial charge in [-0.1, -0.05) is 13.3 Å². The Hall–Kier alpha value is -0.570. The Labute approximate surface area is 85.6 Å². The van der Waals surface area contributed by atoms with E-state index in [1.54, 1.807) is 0 Å². The average Bonchev–Trinajstić information content (AvgIpc) is 2.77. The Morgan fingerprint density at radius 1 is 1.29 bits per heavy atom. The van der Waals surface area contributed by atoms with Gasteiger partial charge in [0.2, 0.25) is 5.91 Å². The van der Waals surface area contributed by atoms with Gasteiger partial charge >= 0.3 is 0 Å². The third kappa shape index (κ3) is 2.08. The summed E-state index contributed by atoms with van der Waals surface area (Å²) in [6.45, 7) is 3.23. The van der Waals surface area contributed by atoms with Gasteiger partial charge in [0.1, 0.15) is 0 Å². The monoisotopic (exact) mass is 196 g/mol. The molecule has 2 unspecified atom stereocenters. The molecule has 2 rings (SSSR count). The Kier molecular flexibility index (Phi) is 3.06. The van der Waals surface area contributed by atoms with Crippen molar-refractivity contribution >= 4 is 5.91 Å². The van der Waals surface area contributed by atoms with Gasteiger partial charge in [-0.15, -0.1) is 0 Å². The van der Waals surface area contributed by atoms with Crippen molar-refractivity contribution < 1.29 is 4.79 Å². The molecular formula is C11H20N2O. The Balaban J connectivity index is 1.81. The van der Waals surface area contributed by atoms with Crippen LogP contribution in [0.3, 0.4) is 0 Å². The molecule has 14 heavy (non-hydrogen) atoms. The summed E-state index contributed by atoms with van der Waals surface area (Å²) in [6.07, 6.45) is 5.85. The van der Waals surface area contributed by atoms with Crippen molar-refractivity contribution in [2.24, 2.45) is 5.92 Å². The second-order valence-electron chi connectivity index (χ2n) is 4.67. The first kappa shape index (κ1) is 9.97. The minimum Gasteiger partial charge on any atom is -0.352 e. The van der Waals surface area contributed by atoms with Gasteiger partial charge in [-0.3, -0.25) is 4.79 Å². The van der Waals surface area contributed by atoms with Gasteiger partial charge in [0.15, 0.2) is 0 Å². The predicted octanol–water partition coefficient (Wildman–Crippen LogP) is 1.04. The first-order valence-electron chi connectivity index (χ1n) is 5.81. The highest BCUT2D eigenvalue weighted by molar-refractivity contribution is 5.82. The first-order chi connectivity index (χ1) is 6.77. The zero-order valence-electron chi connectivity index (χ0n) is 8.88. The lowest BCUT2D eigenvalue weighted by molar-refractivity contribution is -0.123. The lowest BCUT2D eigenvalue weighted by atomic mass is 10.1. The molecule has 1 heterocycles. The van der Waals surface area contributed by atoms with Crippen LogP contribution in [0.5, 0.6) is 0 Å². The molecule has 2 N–H and O–H groups in total. The fourth-order valence-electron chi connectivity index (χ4n) is 2.55. The van der Waals surface area contributed by atoms with E-state index in [0.29, 0.717) is 12.0 Å². The summed E-state index contributed by atoms with van der Waals surface area (Å²) in [7, 11) is 0. The fourth-order valence-corrected chi connectivity index (χ4v) is 2.55. The molecule has 0 spiro atoms. The summed E-state index contributed by atoms with van der Waals surface area (Å²) in [5.41, 5.74) is 0. The predicted molar refractivity (Wildman–Crippen MR) is 56.0 cm³/mol. The second kappa shape index (κ2) is 4.30. The molecule has 80 valence electrons. The van der Waals surface area contributed by atoms with Crippen LogP contribution in [0.2, 0.25) is 0 Å². The molecule has 0 radical (unpaired) electrons. The Morgan fingerprint density at radius 2 is 2.14 bits per heavy atom. The van der Waals surface area contributed by atoms with E-state index in [1.165, 1.54) is 19.3 Å². The van der Waals surface area contributed by atoms with Crippen LogP contribution in [0.4, 0.5) is 0 Å². The normalized spacial score (nSPS) is 37.4. The molecule has 2 fully saturated rings. The topological polar surface area (TPSA) is 41.1 Å². The van der Waals surface area contributed by atoms with Crippen molar-refractivity contribution in [1.29, 1.82) is 0 Å². The van der Waals surface area contributed by atoms with Crippen molar-refractivity contribution in [3.8, 4) is 0 Å². The molecule has 3 heteroatoms. The van der Waals surface area contributed by atoms with E-state index in [2.05, 4.69) is 17.6 Å². The molecule has 0 aromatic heterocycles. The highest BCUT2D eigenvalue weighted by Crippen LogP contribution is 2.24. The van der Waals surface area contributed by atoms with Crippen LogP contribution in [0.25, 0.3) is 0 Å². The molecule has 2 aliphatic rings. The molecule has 1 saturated heterocycles. The lowest BCUT2D eigenvalue weighted by Gasteiger charge is -2.19. The van der Waals surface area contributed by atoms with E-state index >= 15 is 0 Å². The summed E-state index contributed by atoms with van der Waals surface area (Å²) in [5.74, 6) is 0.890. The molecule has 0 aromatic rings. The van der Waals surface area contributed by atoms with E-state index < -0.39 is 0 Å². The maximum Gasteiger partial charge on any atom is 0.237 e. The van der Waals surface area contributed by atoms with Gasteiger partial charge in [-0.05, 0) is 38.1 Å². The van der Waals surface area contributed by atoms with Crippen LogP contribution in [0.15, 0.2) is 0 Å². The van der Waals surface area contributed by atoms with Crippen LogP contribution >= 0.6 is 0 Å². The molecular weight excluding hydrogens is 176 g/mol. The van der Waals surface area contributed by atoms with E-state index in [4.69, 9.17) is 0 Å². The van der Waals surface area contributed by atoms with E-state index in [-0.39, 0.29) is 11.9 Å². The molecule has 0 bridgehead atoms. The molecule has 1 amide bonds. The minimum absolute atomic E-state index is 0.0859. The zero-order chi connectivity index (χ0) is 9.97. The number of hydrogen-bond donors (Lipinski definition) is 2. The van der Waals surface area contributed by atoms with Crippen LogP contribution < -0.4 is 10.6 Å². The van der Waals surface area contributed by atoms with E-state index in [9.17, 15) is 4.79 Å². The van der Waals surface area contributed by atoms with Crippen molar-refractivity contribution in [1.82, 2.24) is 10.6 Å². The summed E-state index contributed by atoms with van der Waals surface area (Å²) >= 11 is 0. The third-order valence-electron chi connectivity index (χ3n) is 3.57. The number of nitrogens with one attached hydrogen (secondary N) is 2. The molecule has 1 aliphatic carbocycles. The van der Waals surface area contributed by atoms with Crippen LogP contribution in [0, 0.1) is 5.92 Å². The summed E-state index contributed by atoms with van der Waals surface area (Å²) in [5, 5.41) is 6.40. The Morgan fingerprint density at radius 3 is 2.71 bits per heavy atom. The number of hydrogen-bond acceptors (Lipinski definition) is 2. The van der Waals surface area contributed by atoms with Gasteiger partial charge in [0.05, 0.1) is 6.04 Å². The molecule has 0 aromatic carbocycles. The van der Waals surface area contributed by atoms with Crippen LogP contribution in [-0.4, -0.2) is 24.5 Å². The number of rotatable bonds is 2. The molecule has 1 aliphatic heterocycles. The maximum absolute atomic E-state index is 11.8. The zero-order valence-corrected chi connectivity index (χ0v) is 8.88. The van der Waals surface area contributed by atoms with Crippen LogP contribution in [-0.2, 0) is 4.79 Å². The van der Waals surface area contributed by atoms with Crippen molar-refractivity contribution in [2.75, 3.05) is 6.54 Å². The summed E-state index contributed by atoms with van der Waals surface area (Å²) in [4.78, 5) is 11.8. The van der Waals surface area contributed by atoms with Crippen molar-refractivity contribution in [3.05, 3.63) is 0 Å². The summed E-state index contributed by atoms with van der Waals surface area (Å²) < 4.78 is 0. The van der Waals surface area contributed by atoms with Gasteiger partial charge in [-0.2, -0.15) is 0 Å². The highest BCUT2D eigenvalue weighted by Gasteiger charge is 2.28. The minimum atomic E-state index is 0.0859. The van der Waals surface area contributed by atoms with Crippen molar-refractivity contribution in [2.45, 2.75) is 51.1 Å². The van der Waals surface area contributed by atoms with E-state index in [1.807, 2.05) is 0 Å². The number of carbonyl (C=O) groups excluding carboxylic acids is 1. The molecule has 3 atom stereocenters. The number of amides is 1. The largest absolute Gasteiger partial charge is 0.352 e. The smallest absolute Gasteiger partial charge is 0.237 e. The molecule has 1 saturated carbocycles. The third-order valence-corrected chi connectivity index (χ3v) is 3.57. The second-order valence-corrected chi connectivity index (χ2v) is 4.67. The van der Waals surface area contributed by atoms with Gasteiger partial charge in [0, 0.05) is 6.04 Å². The number of carbonyl (C=O) groups is 1. The average molecular weight is 196 g/mol. The van der Waals surface area contributed by atoms with E-state index in [0.717, 1.165) is 19.4 Å².